The van der Waals surface area contributed by atoms with Crippen molar-refractivity contribution in [2.45, 2.75) is 26.3 Å². The number of nitro benzene ring substituents is 1. The predicted octanol–water partition coefficient (Wildman–Crippen LogP) is 2.16. The highest BCUT2D eigenvalue weighted by molar-refractivity contribution is 5.99. The molecule has 0 aliphatic rings. The number of amides is 1. The lowest BCUT2D eigenvalue weighted by Gasteiger charge is -2.12. The molecule has 0 aliphatic heterocycles. The van der Waals surface area contributed by atoms with Crippen LogP contribution in [0.25, 0.3) is 0 Å². The fourth-order valence-electron chi connectivity index (χ4n) is 1.44. The Morgan fingerprint density at radius 3 is 2.67 bits per heavy atom. The van der Waals surface area contributed by atoms with Gasteiger partial charge in [-0.15, -0.1) is 0 Å². The van der Waals surface area contributed by atoms with Crippen LogP contribution in [0, 0.1) is 10.1 Å². The third kappa shape index (κ3) is 3.19. The number of carbonyl (C=O) groups excluding carboxylic acids is 1. The molecule has 18 heavy (non-hydrogen) atoms. The van der Waals surface area contributed by atoms with E-state index in [4.69, 9.17) is 0 Å². The van der Waals surface area contributed by atoms with Gasteiger partial charge in [-0.25, -0.2) is 0 Å². The second-order valence-electron chi connectivity index (χ2n) is 4.02. The number of anilines is 1. The summed E-state index contributed by atoms with van der Waals surface area (Å²) in [6.07, 6.45) is 0.769. The molecule has 0 spiro atoms. The number of nitrogens with one attached hydrogen (secondary N) is 2. The summed E-state index contributed by atoms with van der Waals surface area (Å²) in [5.41, 5.74) is 0.553. The smallest absolute Gasteiger partial charge is 0.282 e. The van der Waals surface area contributed by atoms with E-state index in [-0.39, 0.29) is 17.3 Å². The molecule has 0 heterocycles. The average molecular weight is 251 g/mol. The van der Waals surface area contributed by atoms with Crippen molar-refractivity contribution in [2.24, 2.45) is 0 Å². The Bertz CT molecular complexity index is 460. The Balaban J connectivity index is 3.10. The van der Waals surface area contributed by atoms with Crippen molar-refractivity contribution in [3.8, 4) is 0 Å². The fourth-order valence-corrected chi connectivity index (χ4v) is 1.44. The molecule has 0 aromatic heterocycles. The first-order chi connectivity index (χ1) is 8.49. The van der Waals surface area contributed by atoms with E-state index in [0.717, 1.165) is 6.42 Å². The van der Waals surface area contributed by atoms with Crippen LogP contribution in [0.1, 0.15) is 30.6 Å². The second kappa shape index (κ2) is 6.00. The summed E-state index contributed by atoms with van der Waals surface area (Å²) in [6.45, 7) is 3.79. The molecular weight excluding hydrogens is 234 g/mol. The zero-order valence-electron chi connectivity index (χ0n) is 10.7. The first-order valence-corrected chi connectivity index (χ1v) is 5.76. The van der Waals surface area contributed by atoms with E-state index in [9.17, 15) is 14.9 Å². The van der Waals surface area contributed by atoms with E-state index in [1.54, 1.807) is 13.1 Å². The molecule has 2 N–H and O–H groups in total. The van der Waals surface area contributed by atoms with Crippen molar-refractivity contribution in [3.63, 3.8) is 0 Å². The highest BCUT2D eigenvalue weighted by Gasteiger charge is 2.21. The van der Waals surface area contributed by atoms with E-state index < -0.39 is 10.8 Å². The number of rotatable bonds is 5. The summed E-state index contributed by atoms with van der Waals surface area (Å²) in [5.74, 6) is -0.423. The van der Waals surface area contributed by atoms with Crippen LogP contribution in [-0.4, -0.2) is 23.9 Å². The molecule has 0 saturated heterocycles. The van der Waals surface area contributed by atoms with Gasteiger partial charge in [0.05, 0.1) is 4.92 Å². The van der Waals surface area contributed by atoms with Crippen LogP contribution in [0.2, 0.25) is 0 Å². The Morgan fingerprint density at radius 2 is 2.17 bits per heavy atom. The SMILES string of the molecule is CCC(C)NC(=O)c1cc(NC)ccc1[N+](=O)[O-]. The number of nitrogens with zero attached hydrogens (tertiary/aromatic N) is 1. The maximum absolute atomic E-state index is 12.0. The van der Waals surface area contributed by atoms with Crippen LogP contribution in [0.4, 0.5) is 11.4 Å². The van der Waals surface area contributed by atoms with Gasteiger partial charge in [0.1, 0.15) is 5.56 Å². The maximum atomic E-state index is 12.0. The summed E-state index contributed by atoms with van der Waals surface area (Å²) in [5, 5.41) is 16.5. The number of hydrogen-bond acceptors (Lipinski definition) is 4. The Labute approximate surface area is 106 Å². The number of hydrogen-bond donors (Lipinski definition) is 2. The summed E-state index contributed by atoms with van der Waals surface area (Å²) >= 11 is 0. The minimum absolute atomic E-state index is 0.0182. The van der Waals surface area contributed by atoms with Gasteiger partial charge in [0.2, 0.25) is 0 Å². The first-order valence-electron chi connectivity index (χ1n) is 5.76. The minimum atomic E-state index is -0.551. The number of nitro groups is 1. The zero-order chi connectivity index (χ0) is 13.7. The van der Waals surface area contributed by atoms with E-state index >= 15 is 0 Å². The van der Waals surface area contributed by atoms with Crippen molar-refractivity contribution in [2.75, 3.05) is 12.4 Å². The molecule has 0 bridgehead atoms. The molecule has 0 radical (unpaired) electrons. The van der Waals surface area contributed by atoms with Crippen LogP contribution < -0.4 is 10.6 Å². The van der Waals surface area contributed by atoms with Gasteiger partial charge in [-0.2, -0.15) is 0 Å². The normalized spacial score (nSPS) is 11.7. The van der Waals surface area contributed by atoms with E-state index in [1.807, 2.05) is 13.8 Å². The van der Waals surface area contributed by atoms with Gasteiger partial charge in [0, 0.05) is 24.8 Å². The van der Waals surface area contributed by atoms with Crippen molar-refractivity contribution >= 4 is 17.3 Å². The number of benzene rings is 1. The van der Waals surface area contributed by atoms with Gasteiger partial charge in [0.25, 0.3) is 11.6 Å². The van der Waals surface area contributed by atoms with Crippen LogP contribution in [0.5, 0.6) is 0 Å². The van der Waals surface area contributed by atoms with Gasteiger partial charge in [-0.3, -0.25) is 14.9 Å². The van der Waals surface area contributed by atoms with E-state index in [2.05, 4.69) is 10.6 Å². The van der Waals surface area contributed by atoms with E-state index in [0.29, 0.717) is 5.69 Å². The molecule has 1 aromatic carbocycles. The highest BCUT2D eigenvalue weighted by atomic mass is 16.6. The van der Waals surface area contributed by atoms with Gasteiger partial charge in [-0.05, 0) is 25.5 Å². The number of carbonyl (C=O) groups is 1. The standard InChI is InChI=1S/C12H17N3O3/c1-4-8(2)14-12(16)10-7-9(13-3)5-6-11(10)15(17)18/h5-8,13H,4H2,1-3H3,(H,14,16). The fraction of sp³-hybridized carbons (Fsp3) is 0.417. The quantitative estimate of drug-likeness (QED) is 0.620. The van der Waals surface area contributed by atoms with Crippen LogP contribution in [-0.2, 0) is 0 Å². The van der Waals surface area contributed by atoms with Gasteiger partial charge >= 0.3 is 0 Å². The molecule has 1 amide bonds. The third-order valence-corrected chi connectivity index (χ3v) is 2.72. The summed E-state index contributed by atoms with van der Waals surface area (Å²) in [6, 6.07) is 4.36. The highest BCUT2D eigenvalue weighted by Crippen LogP contribution is 2.22. The molecule has 0 aliphatic carbocycles. The molecule has 6 heteroatoms. The third-order valence-electron chi connectivity index (χ3n) is 2.72. The van der Waals surface area contributed by atoms with Crippen LogP contribution in [0.15, 0.2) is 18.2 Å². The van der Waals surface area contributed by atoms with Gasteiger partial charge < -0.3 is 10.6 Å². The largest absolute Gasteiger partial charge is 0.388 e. The lowest BCUT2D eigenvalue weighted by molar-refractivity contribution is -0.385. The lowest BCUT2D eigenvalue weighted by Crippen LogP contribution is -2.32. The summed E-state index contributed by atoms with van der Waals surface area (Å²) < 4.78 is 0. The van der Waals surface area contributed by atoms with Crippen molar-refractivity contribution in [3.05, 3.63) is 33.9 Å². The Morgan fingerprint density at radius 1 is 1.50 bits per heavy atom. The Hall–Kier alpha value is -2.11. The molecule has 0 saturated carbocycles. The predicted molar refractivity (Wildman–Crippen MR) is 69.9 cm³/mol. The van der Waals surface area contributed by atoms with Crippen LogP contribution >= 0.6 is 0 Å². The van der Waals surface area contributed by atoms with E-state index in [1.165, 1.54) is 12.1 Å². The molecule has 1 aromatic rings. The average Bonchev–Trinajstić information content (AvgIpc) is 2.37. The first kappa shape index (κ1) is 14.0. The Kier molecular flexibility index (Phi) is 4.65. The molecule has 1 unspecified atom stereocenters. The second-order valence-corrected chi connectivity index (χ2v) is 4.02. The van der Waals surface area contributed by atoms with Crippen molar-refractivity contribution in [1.82, 2.24) is 5.32 Å². The topological polar surface area (TPSA) is 84.3 Å². The summed E-state index contributed by atoms with van der Waals surface area (Å²) in [4.78, 5) is 22.3. The minimum Gasteiger partial charge on any atom is -0.388 e. The van der Waals surface area contributed by atoms with Crippen LogP contribution in [0.3, 0.4) is 0 Å². The maximum Gasteiger partial charge on any atom is 0.282 e. The molecule has 1 rings (SSSR count). The monoisotopic (exact) mass is 251 g/mol. The molecule has 1 atom stereocenters. The molecule has 6 nitrogen and oxygen atoms in total. The molecule has 98 valence electrons. The molecular formula is C12H17N3O3. The van der Waals surface area contributed by atoms with Gasteiger partial charge in [-0.1, -0.05) is 6.92 Å². The summed E-state index contributed by atoms with van der Waals surface area (Å²) in [7, 11) is 1.69. The van der Waals surface area contributed by atoms with Crippen molar-refractivity contribution < 1.29 is 9.72 Å². The van der Waals surface area contributed by atoms with Gasteiger partial charge in [0.15, 0.2) is 0 Å². The molecule has 0 fully saturated rings. The van der Waals surface area contributed by atoms with Crippen molar-refractivity contribution in [1.29, 1.82) is 0 Å². The lowest BCUT2D eigenvalue weighted by atomic mass is 10.1. The zero-order valence-corrected chi connectivity index (χ0v) is 10.7.